The van der Waals surface area contributed by atoms with Crippen LogP contribution in [0.25, 0.3) is 11.8 Å². The first kappa shape index (κ1) is 19.9. The molecule has 0 bridgehead atoms. The summed E-state index contributed by atoms with van der Waals surface area (Å²) in [6, 6.07) is 18.9. The maximum absolute atomic E-state index is 12.6. The number of carbonyl (C=O) groups is 2. The molecule has 0 unspecified atom stereocenters. The van der Waals surface area contributed by atoms with Crippen molar-refractivity contribution in [2.45, 2.75) is 13.8 Å². The van der Waals surface area contributed by atoms with Crippen LogP contribution in [0.2, 0.25) is 0 Å². The molecule has 1 aromatic heterocycles. The highest BCUT2D eigenvalue weighted by Crippen LogP contribution is 2.20. The monoisotopic (exact) mass is 389 g/mol. The molecule has 148 valence electrons. The van der Waals surface area contributed by atoms with Crippen LogP contribution in [0.1, 0.15) is 27.3 Å². The molecule has 0 fully saturated rings. The molecule has 0 saturated heterocycles. The molecule has 1 heterocycles. The minimum absolute atomic E-state index is 0.376. The van der Waals surface area contributed by atoms with E-state index in [0.29, 0.717) is 11.3 Å². The number of nitrogens with one attached hydrogen (secondary N) is 2. The van der Waals surface area contributed by atoms with Crippen LogP contribution in [0.15, 0.2) is 66.7 Å². The first-order chi connectivity index (χ1) is 14.0. The second-order valence-electron chi connectivity index (χ2n) is 6.47. The first-order valence-electron chi connectivity index (χ1n) is 9.17. The Morgan fingerprint density at radius 1 is 0.966 bits per heavy atom. The summed E-state index contributed by atoms with van der Waals surface area (Å²) >= 11 is 0. The van der Waals surface area contributed by atoms with E-state index in [-0.39, 0.29) is 5.91 Å². The molecule has 0 radical (unpaired) electrons. The SMILES string of the molecule is COc1ccccc1/C=C/C(=O)NNC(=O)c1cc(C)n(-c2ccccc2)c1C. The summed E-state index contributed by atoms with van der Waals surface area (Å²) in [7, 11) is 1.57. The topological polar surface area (TPSA) is 72.4 Å². The van der Waals surface area contributed by atoms with Gasteiger partial charge in [0.25, 0.3) is 11.8 Å². The molecule has 3 rings (SSSR count). The Balaban J connectivity index is 1.67. The van der Waals surface area contributed by atoms with Crippen LogP contribution >= 0.6 is 0 Å². The normalized spacial score (nSPS) is 10.7. The molecule has 0 aliphatic rings. The van der Waals surface area contributed by atoms with Crippen molar-refractivity contribution in [1.82, 2.24) is 15.4 Å². The van der Waals surface area contributed by atoms with E-state index in [1.165, 1.54) is 6.08 Å². The van der Waals surface area contributed by atoms with Gasteiger partial charge in [-0.3, -0.25) is 20.4 Å². The van der Waals surface area contributed by atoms with E-state index >= 15 is 0 Å². The van der Waals surface area contributed by atoms with Gasteiger partial charge in [-0.1, -0.05) is 36.4 Å². The fourth-order valence-electron chi connectivity index (χ4n) is 3.16. The zero-order valence-corrected chi connectivity index (χ0v) is 16.6. The molecular weight excluding hydrogens is 366 g/mol. The van der Waals surface area contributed by atoms with Gasteiger partial charge < -0.3 is 9.30 Å². The first-order valence-corrected chi connectivity index (χ1v) is 9.17. The predicted molar refractivity (Wildman–Crippen MR) is 113 cm³/mol. The van der Waals surface area contributed by atoms with Gasteiger partial charge in [0.1, 0.15) is 5.75 Å². The van der Waals surface area contributed by atoms with Crippen LogP contribution in [-0.2, 0) is 4.79 Å². The molecule has 0 saturated carbocycles. The van der Waals surface area contributed by atoms with Crippen LogP contribution in [-0.4, -0.2) is 23.5 Å². The average Bonchev–Trinajstić information content (AvgIpc) is 3.05. The lowest BCUT2D eigenvalue weighted by atomic mass is 10.2. The Morgan fingerprint density at radius 2 is 1.66 bits per heavy atom. The second-order valence-corrected chi connectivity index (χ2v) is 6.47. The Hall–Kier alpha value is -3.80. The maximum Gasteiger partial charge on any atom is 0.271 e. The van der Waals surface area contributed by atoms with Gasteiger partial charge >= 0.3 is 0 Å². The minimum atomic E-state index is -0.443. The molecule has 2 amide bonds. The Kier molecular flexibility index (Phi) is 6.14. The van der Waals surface area contributed by atoms with Crippen molar-refractivity contribution in [2.75, 3.05) is 7.11 Å². The van der Waals surface area contributed by atoms with Crippen molar-refractivity contribution in [3.63, 3.8) is 0 Å². The van der Waals surface area contributed by atoms with E-state index < -0.39 is 5.91 Å². The lowest BCUT2D eigenvalue weighted by molar-refractivity contribution is -0.117. The smallest absolute Gasteiger partial charge is 0.271 e. The van der Waals surface area contributed by atoms with E-state index in [4.69, 9.17) is 4.74 Å². The zero-order chi connectivity index (χ0) is 20.8. The van der Waals surface area contributed by atoms with Gasteiger partial charge in [0.15, 0.2) is 0 Å². The van der Waals surface area contributed by atoms with Crippen LogP contribution < -0.4 is 15.6 Å². The second kappa shape index (κ2) is 8.93. The van der Waals surface area contributed by atoms with Crippen molar-refractivity contribution in [1.29, 1.82) is 0 Å². The van der Waals surface area contributed by atoms with Gasteiger partial charge in [-0.2, -0.15) is 0 Å². The van der Waals surface area contributed by atoms with Crippen molar-refractivity contribution in [3.8, 4) is 11.4 Å². The highest BCUT2D eigenvalue weighted by atomic mass is 16.5. The number of para-hydroxylation sites is 2. The van der Waals surface area contributed by atoms with Gasteiger partial charge in [0.05, 0.1) is 12.7 Å². The number of nitrogens with zero attached hydrogens (tertiary/aromatic N) is 1. The quantitative estimate of drug-likeness (QED) is 0.518. The van der Waals surface area contributed by atoms with E-state index in [1.54, 1.807) is 19.3 Å². The van der Waals surface area contributed by atoms with Gasteiger partial charge in [-0.15, -0.1) is 0 Å². The molecule has 2 N–H and O–H groups in total. The molecule has 6 heteroatoms. The van der Waals surface area contributed by atoms with Gasteiger partial charge in [-0.05, 0) is 44.2 Å². The summed E-state index contributed by atoms with van der Waals surface area (Å²) < 4.78 is 7.24. The molecule has 3 aromatic rings. The van der Waals surface area contributed by atoms with E-state index in [0.717, 1.165) is 22.6 Å². The minimum Gasteiger partial charge on any atom is -0.496 e. The molecule has 0 atom stereocenters. The highest BCUT2D eigenvalue weighted by Gasteiger charge is 2.16. The summed E-state index contributed by atoms with van der Waals surface area (Å²) in [6.07, 6.45) is 2.97. The third-order valence-electron chi connectivity index (χ3n) is 4.54. The lowest BCUT2D eigenvalue weighted by Crippen LogP contribution is -2.40. The molecule has 6 nitrogen and oxygen atoms in total. The van der Waals surface area contributed by atoms with Crippen molar-refractivity contribution in [2.24, 2.45) is 0 Å². The summed E-state index contributed by atoms with van der Waals surface area (Å²) in [4.78, 5) is 24.6. The number of methoxy groups -OCH3 is 1. The van der Waals surface area contributed by atoms with Crippen molar-refractivity contribution < 1.29 is 14.3 Å². The Labute approximate surface area is 169 Å². The standard InChI is InChI=1S/C23H23N3O3/c1-16-15-20(17(2)26(16)19-10-5-4-6-11-19)23(28)25-24-22(27)14-13-18-9-7-8-12-21(18)29-3/h4-15H,1-3H3,(H,24,27)(H,25,28)/b14-13+. The number of aromatic nitrogens is 1. The predicted octanol–water partition coefficient (Wildman–Crippen LogP) is 3.58. The summed E-state index contributed by atoms with van der Waals surface area (Å²) in [6.45, 7) is 3.81. The van der Waals surface area contributed by atoms with Crippen molar-refractivity contribution in [3.05, 3.63) is 89.3 Å². The number of hydrogen-bond acceptors (Lipinski definition) is 3. The van der Waals surface area contributed by atoms with Crippen LogP contribution in [0, 0.1) is 13.8 Å². The number of amides is 2. The number of benzene rings is 2. The molecule has 29 heavy (non-hydrogen) atoms. The summed E-state index contributed by atoms with van der Waals surface area (Å²) in [5, 5.41) is 0. The fourth-order valence-corrected chi connectivity index (χ4v) is 3.16. The third kappa shape index (κ3) is 4.55. The van der Waals surface area contributed by atoms with Crippen molar-refractivity contribution >= 4 is 17.9 Å². The molecule has 2 aromatic carbocycles. The van der Waals surface area contributed by atoms with Crippen LogP contribution in [0.5, 0.6) is 5.75 Å². The number of hydrogen-bond donors (Lipinski definition) is 2. The van der Waals surface area contributed by atoms with Gasteiger partial charge in [0.2, 0.25) is 0 Å². The zero-order valence-electron chi connectivity index (χ0n) is 16.6. The van der Waals surface area contributed by atoms with E-state index in [9.17, 15) is 9.59 Å². The summed E-state index contributed by atoms with van der Waals surface area (Å²) in [5.41, 5.74) is 8.84. The molecule has 0 aliphatic heterocycles. The molecule has 0 spiro atoms. The highest BCUT2D eigenvalue weighted by molar-refractivity contribution is 5.99. The van der Waals surface area contributed by atoms with Crippen LogP contribution in [0.3, 0.4) is 0 Å². The Morgan fingerprint density at radius 3 is 2.38 bits per heavy atom. The van der Waals surface area contributed by atoms with E-state index in [1.807, 2.05) is 73.0 Å². The number of carbonyl (C=O) groups excluding carboxylic acids is 2. The number of hydrazine groups is 1. The summed E-state index contributed by atoms with van der Waals surface area (Å²) in [5.74, 6) is -0.158. The fraction of sp³-hybridized carbons (Fsp3) is 0.130. The number of rotatable bonds is 5. The van der Waals surface area contributed by atoms with E-state index in [2.05, 4.69) is 10.9 Å². The Bertz CT molecular complexity index is 1050. The van der Waals surface area contributed by atoms with Gasteiger partial charge in [0, 0.05) is 28.7 Å². The number of aryl methyl sites for hydroxylation is 1. The molecular formula is C23H23N3O3. The average molecular weight is 389 g/mol. The van der Waals surface area contributed by atoms with Gasteiger partial charge in [-0.25, -0.2) is 0 Å². The third-order valence-corrected chi connectivity index (χ3v) is 4.54. The number of ether oxygens (including phenoxy) is 1. The maximum atomic E-state index is 12.6. The van der Waals surface area contributed by atoms with Crippen LogP contribution in [0.4, 0.5) is 0 Å². The molecule has 0 aliphatic carbocycles. The largest absolute Gasteiger partial charge is 0.496 e. The lowest BCUT2D eigenvalue weighted by Gasteiger charge is -2.10.